The van der Waals surface area contributed by atoms with Crippen LogP contribution < -0.4 is 0 Å². The van der Waals surface area contributed by atoms with Crippen molar-refractivity contribution in [3.05, 3.63) is 49.4 Å². The molecule has 2 aromatic rings. The second-order valence-corrected chi connectivity index (χ2v) is 5.49. The first-order chi connectivity index (χ1) is 8.41. The van der Waals surface area contributed by atoms with Crippen LogP contribution in [0.2, 0.25) is 25.1 Å². The maximum atomic E-state index is 9.86. The molecule has 0 unspecified atom stereocenters. The van der Waals surface area contributed by atoms with Crippen LogP contribution in [0.5, 0.6) is 5.75 Å². The van der Waals surface area contributed by atoms with Gasteiger partial charge in [-0.1, -0.05) is 58.0 Å². The van der Waals surface area contributed by atoms with Crippen LogP contribution in [0.25, 0.3) is 11.1 Å². The van der Waals surface area contributed by atoms with Gasteiger partial charge in [0.25, 0.3) is 0 Å². The highest BCUT2D eigenvalue weighted by Crippen LogP contribution is 2.44. The van der Waals surface area contributed by atoms with Gasteiger partial charge in [0, 0.05) is 16.1 Å². The normalized spacial score (nSPS) is 10.7. The molecule has 2 rings (SSSR count). The zero-order valence-corrected chi connectivity index (χ0v) is 12.4. The third kappa shape index (κ3) is 2.52. The van der Waals surface area contributed by atoms with Crippen LogP contribution in [0.4, 0.5) is 0 Å². The fourth-order valence-electron chi connectivity index (χ4n) is 1.50. The van der Waals surface area contributed by atoms with E-state index in [0.717, 1.165) is 0 Å². The molecule has 2 aromatic carbocycles. The summed E-state index contributed by atoms with van der Waals surface area (Å²) in [4.78, 5) is 0. The van der Waals surface area contributed by atoms with Gasteiger partial charge in [-0.05, 0) is 24.3 Å². The molecule has 1 nitrogen and oxygen atoms in total. The SMILES string of the molecule is Oc1cc(Cl)ccc1-c1cc(Cl)c(Cl)c(Cl)c1Cl. The average molecular weight is 342 g/mol. The Balaban J connectivity index is 2.72. The number of hydrogen-bond acceptors (Lipinski definition) is 1. The minimum absolute atomic E-state index is 0.0149. The largest absolute Gasteiger partial charge is 0.507 e. The molecule has 0 spiro atoms. The molecule has 0 bridgehead atoms. The van der Waals surface area contributed by atoms with Crippen LogP contribution >= 0.6 is 58.0 Å². The second-order valence-electron chi connectivity index (χ2n) is 3.51. The molecule has 6 heteroatoms. The Bertz CT molecular complexity index is 624. The smallest absolute Gasteiger partial charge is 0.124 e. The van der Waals surface area contributed by atoms with Crippen LogP contribution in [0, 0.1) is 0 Å². The van der Waals surface area contributed by atoms with E-state index in [0.29, 0.717) is 16.1 Å². The van der Waals surface area contributed by atoms with Gasteiger partial charge in [0.1, 0.15) is 5.75 Å². The van der Waals surface area contributed by atoms with Gasteiger partial charge in [0.15, 0.2) is 0 Å². The molecule has 0 aliphatic rings. The molecule has 94 valence electrons. The number of phenols is 1. The van der Waals surface area contributed by atoms with E-state index in [2.05, 4.69) is 0 Å². The molecular formula is C12H5Cl5O. The summed E-state index contributed by atoms with van der Waals surface area (Å²) in [6, 6.07) is 6.20. The van der Waals surface area contributed by atoms with E-state index >= 15 is 0 Å². The van der Waals surface area contributed by atoms with Gasteiger partial charge >= 0.3 is 0 Å². The monoisotopic (exact) mass is 340 g/mol. The van der Waals surface area contributed by atoms with Gasteiger partial charge in [-0.3, -0.25) is 0 Å². The van der Waals surface area contributed by atoms with Gasteiger partial charge in [0.2, 0.25) is 0 Å². The number of hydrogen-bond donors (Lipinski definition) is 1. The van der Waals surface area contributed by atoms with E-state index in [1.807, 2.05) is 0 Å². The van der Waals surface area contributed by atoms with Crippen molar-refractivity contribution >= 4 is 58.0 Å². The zero-order chi connectivity index (χ0) is 13.4. The Labute approximate surface area is 129 Å². The quantitative estimate of drug-likeness (QED) is 0.474. The molecule has 0 aliphatic heterocycles. The van der Waals surface area contributed by atoms with Gasteiger partial charge in [-0.2, -0.15) is 0 Å². The van der Waals surface area contributed by atoms with Crippen molar-refractivity contribution in [2.45, 2.75) is 0 Å². The Morgan fingerprint density at radius 3 is 2.00 bits per heavy atom. The Kier molecular flexibility index (Phi) is 4.20. The molecule has 1 N–H and O–H groups in total. The second kappa shape index (κ2) is 5.36. The van der Waals surface area contributed by atoms with E-state index in [1.54, 1.807) is 18.2 Å². The number of phenolic OH excluding ortho intramolecular Hbond substituents is 1. The maximum Gasteiger partial charge on any atom is 0.124 e. The van der Waals surface area contributed by atoms with Crippen LogP contribution in [-0.4, -0.2) is 5.11 Å². The van der Waals surface area contributed by atoms with E-state index in [-0.39, 0.29) is 25.8 Å². The Morgan fingerprint density at radius 1 is 0.722 bits per heavy atom. The predicted octanol–water partition coefficient (Wildman–Crippen LogP) is 6.33. The topological polar surface area (TPSA) is 20.2 Å². The molecule has 0 aromatic heterocycles. The summed E-state index contributed by atoms with van der Waals surface area (Å²) in [5.74, 6) is -0.0149. The zero-order valence-electron chi connectivity index (χ0n) is 8.65. The Morgan fingerprint density at radius 2 is 1.39 bits per heavy atom. The van der Waals surface area contributed by atoms with Crippen molar-refractivity contribution in [1.82, 2.24) is 0 Å². The number of benzene rings is 2. The average Bonchev–Trinajstić information content (AvgIpc) is 2.32. The fourth-order valence-corrected chi connectivity index (χ4v) is 2.57. The molecule has 0 heterocycles. The summed E-state index contributed by atoms with van der Waals surface area (Å²) in [5.41, 5.74) is 0.968. The van der Waals surface area contributed by atoms with E-state index in [9.17, 15) is 5.11 Å². The van der Waals surface area contributed by atoms with Gasteiger partial charge < -0.3 is 5.11 Å². The lowest BCUT2D eigenvalue weighted by Crippen LogP contribution is -1.84. The first kappa shape index (κ1) is 14.1. The van der Waals surface area contributed by atoms with E-state index in [1.165, 1.54) is 6.07 Å². The van der Waals surface area contributed by atoms with Gasteiger partial charge in [0.05, 0.1) is 20.1 Å². The van der Waals surface area contributed by atoms with Crippen LogP contribution in [-0.2, 0) is 0 Å². The maximum absolute atomic E-state index is 9.86. The van der Waals surface area contributed by atoms with E-state index < -0.39 is 0 Å². The third-order valence-corrected chi connectivity index (χ3v) is 4.34. The summed E-state index contributed by atoms with van der Waals surface area (Å²) >= 11 is 29.6. The first-order valence-corrected chi connectivity index (χ1v) is 6.62. The van der Waals surface area contributed by atoms with Crippen molar-refractivity contribution in [1.29, 1.82) is 0 Å². The predicted molar refractivity (Wildman–Crippen MR) is 78.6 cm³/mol. The van der Waals surface area contributed by atoms with Crippen LogP contribution in [0.3, 0.4) is 0 Å². The van der Waals surface area contributed by atoms with Crippen molar-refractivity contribution in [3.63, 3.8) is 0 Å². The first-order valence-electron chi connectivity index (χ1n) is 4.73. The molecule has 0 saturated carbocycles. The molecule has 0 atom stereocenters. The highest BCUT2D eigenvalue weighted by Gasteiger charge is 2.16. The van der Waals surface area contributed by atoms with Crippen molar-refractivity contribution in [2.75, 3.05) is 0 Å². The molecular weight excluding hydrogens is 337 g/mol. The van der Waals surface area contributed by atoms with Gasteiger partial charge in [-0.15, -0.1) is 0 Å². The van der Waals surface area contributed by atoms with Crippen LogP contribution in [0.15, 0.2) is 24.3 Å². The summed E-state index contributed by atoms with van der Waals surface area (Å²) in [5, 5.41) is 11.1. The van der Waals surface area contributed by atoms with Crippen molar-refractivity contribution in [2.24, 2.45) is 0 Å². The fraction of sp³-hybridized carbons (Fsp3) is 0. The van der Waals surface area contributed by atoms with Crippen molar-refractivity contribution in [3.8, 4) is 16.9 Å². The highest BCUT2D eigenvalue weighted by atomic mass is 35.5. The molecule has 0 amide bonds. The van der Waals surface area contributed by atoms with E-state index in [4.69, 9.17) is 58.0 Å². The molecule has 0 aliphatic carbocycles. The molecule has 0 fully saturated rings. The lowest BCUT2D eigenvalue weighted by atomic mass is 10.0. The summed E-state index contributed by atoms with van der Waals surface area (Å²) in [7, 11) is 0. The summed E-state index contributed by atoms with van der Waals surface area (Å²) < 4.78 is 0. The van der Waals surface area contributed by atoms with Crippen LogP contribution in [0.1, 0.15) is 0 Å². The summed E-state index contributed by atoms with van der Waals surface area (Å²) in [6.07, 6.45) is 0. The minimum atomic E-state index is -0.0149. The number of aromatic hydroxyl groups is 1. The number of rotatable bonds is 1. The lowest BCUT2D eigenvalue weighted by molar-refractivity contribution is 0.477. The molecule has 0 saturated heterocycles. The molecule has 0 radical (unpaired) electrons. The van der Waals surface area contributed by atoms with Crippen molar-refractivity contribution < 1.29 is 5.11 Å². The summed E-state index contributed by atoms with van der Waals surface area (Å²) in [6.45, 7) is 0. The minimum Gasteiger partial charge on any atom is -0.507 e. The standard InChI is InChI=1S/C12H5Cl5O/c13-5-1-2-6(9(18)3-5)7-4-8(14)11(16)12(17)10(7)15/h1-4,18H. The Hall–Kier alpha value is -0.310. The lowest BCUT2D eigenvalue weighted by Gasteiger charge is -2.11. The van der Waals surface area contributed by atoms with Gasteiger partial charge in [-0.25, -0.2) is 0 Å². The molecule has 18 heavy (non-hydrogen) atoms. The third-order valence-electron chi connectivity index (χ3n) is 2.35. The number of halogens is 5. The highest BCUT2D eigenvalue weighted by molar-refractivity contribution is 6.52.